The molecular weight excluding hydrogens is 384 g/mol. The van der Waals surface area contributed by atoms with Gasteiger partial charge in [-0.1, -0.05) is 31.2 Å². The molecule has 0 radical (unpaired) electrons. The first-order chi connectivity index (χ1) is 15.3. The van der Waals surface area contributed by atoms with Crippen LogP contribution < -0.4 is 4.74 Å². The number of fused-ring (bicyclic) bond motifs is 1. The van der Waals surface area contributed by atoms with Crippen LogP contribution in [-0.4, -0.2) is 19.7 Å². The lowest BCUT2D eigenvalue weighted by Gasteiger charge is -2.10. The topological polar surface area (TPSA) is 52.8 Å². The molecule has 5 nitrogen and oxygen atoms in total. The summed E-state index contributed by atoms with van der Waals surface area (Å²) in [5, 5.41) is 5.90. The fourth-order valence-corrected chi connectivity index (χ4v) is 3.56. The van der Waals surface area contributed by atoms with Crippen LogP contribution in [0, 0.1) is 0 Å². The molecule has 0 aliphatic rings. The van der Waals surface area contributed by atoms with Crippen molar-refractivity contribution in [2.24, 2.45) is 0 Å². The van der Waals surface area contributed by atoms with Gasteiger partial charge in [-0.2, -0.15) is 5.10 Å². The van der Waals surface area contributed by atoms with Crippen molar-refractivity contribution in [3.63, 3.8) is 0 Å². The molecule has 3 heterocycles. The highest BCUT2D eigenvalue weighted by Gasteiger charge is 2.11. The molecule has 0 N–H and O–H groups in total. The van der Waals surface area contributed by atoms with Crippen molar-refractivity contribution in [2.45, 2.75) is 20.0 Å². The summed E-state index contributed by atoms with van der Waals surface area (Å²) in [7, 11) is 0. The van der Waals surface area contributed by atoms with E-state index in [1.807, 2.05) is 65.3 Å². The Morgan fingerprint density at radius 3 is 2.45 bits per heavy atom. The van der Waals surface area contributed by atoms with Crippen molar-refractivity contribution in [2.75, 3.05) is 0 Å². The van der Waals surface area contributed by atoms with Gasteiger partial charge in [0.1, 0.15) is 12.4 Å². The van der Waals surface area contributed by atoms with Crippen molar-refractivity contribution < 1.29 is 4.74 Å². The zero-order valence-corrected chi connectivity index (χ0v) is 17.3. The zero-order chi connectivity index (χ0) is 21.0. The Balaban J connectivity index is 1.36. The standard InChI is InChI=1S/C26H22N4O/c1-2-21-17-26(20-13-15-27-16-14-20)30(29-21)23-9-11-24(12-10-23)31-18-22-8-7-19-5-3-4-6-25(19)28-22/h3-17H,2,18H2,1H3. The van der Waals surface area contributed by atoms with Crippen LogP contribution in [0.15, 0.2) is 91.3 Å². The predicted molar refractivity (Wildman–Crippen MR) is 122 cm³/mol. The Hall–Kier alpha value is -3.99. The summed E-state index contributed by atoms with van der Waals surface area (Å²) in [6.07, 6.45) is 4.48. The Bertz CT molecular complexity index is 1310. The van der Waals surface area contributed by atoms with E-state index in [2.05, 4.69) is 35.1 Å². The zero-order valence-electron chi connectivity index (χ0n) is 17.3. The fourth-order valence-electron chi connectivity index (χ4n) is 3.56. The minimum absolute atomic E-state index is 0.425. The third-order valence-corrected chi connectivity index (χ3v) is 5.22. The Morgan fingerprint density at radius 1 is 0.839 bits per heavy atom. The Morgan fingerprint density at radius 2 is 1.65 bits per heavy atom. The van der Waals surface area contributed by atoms with Gasteiger partial charge in [0.2, 0.25) is 0 Å². The first-order valence-electron chi connectivity index (χ1n) is 10.4. The van der Waals surface area contributed by atoms with E-state index in [1.165, 1.54) is 0 Å². The number of ether oxygens (including phenoxy) is 1. The molecule has 5 aromatic rings. The number of para-hydroxylation sites is 1. The molecule has 5 heteroatoms. The van der Waals surface area contributed by atoms with E-state index in [1.54, 1.807) is 12.4 Å². The van der Waals surface area contributed by atoms with Gasteiger partial charge in [0.15, 0.2) is 0 Å². The molecule has 0 aliphatic carbocycles. The van der Waals surface area contributed by atoms with Gasteiger partial charge in [-0.3, -0.25) is 4.98 Å². The maximum atomic E-state index is 5.97. The second-order valence-electron chi connectivity index (χ2n) is 7.30. The third kappa shape index (κ3) is 4.03. The lowest BCUT2D eigenvalue weighted by molar-refractivity contribution is 0.302. The maximum Gasteiger partial charge on any atom is 0.130 e. The van der Waals surface area contributed by atoms with E-state index in [9.17, 15) is 0 Å². The van der Waals surface area contributed by atoms with Crippen LogP contribution in [0.4, 0.5) is 0 Å². The van der Waals surface area contributed by atoms with Crippen LogP contribution >= 0.6 is 0 Å². The van der Waals surface area contributed by atoms with E-state index in [0.717, 1.165) is 51.4 Å². The highest BCUT2D eigenvalue weighted by molar-refractivity contribution is 5.78. The normalized spacial score (nSPS) is 11.0. The molecule has 31 heavy (non-hydrogen) atoms. The van der Waals surface area contributed by atoms with Crippen molar-refractivity contribution >= 4 is 10.9 Å². The molecule has 0 amide bonds. The van der Waals surface area contributed by atoms with Gasteiger partial charge < -0.3 is 4.74 Å². The number of benzene rings is 2. The van der Waals surface area contributed by atoms with Gasteiger partial charge in [-0.25, -0.2) is 9.67 Å². The minimum atomic E-state index is 0.425. The highest BCUT2D eigenvalue weighted by atomic mass is 16.5. The second-order valence-corrected chi connectivity index (χ2v) is 7.30. The first-order valence-corrected chi connectivity index (χ1v) is 10.4. The van der Waals surface area contributed by atoms with Crippen LogP contribution in [0.5, 0.6) is 5.75 Å². The van der Waals surface area contributed by atoms with E-state index in [-0.39, 0.29) is 0 Å². The summed E-state index contributed by atoms with van der Waals surface area (Å²) in [6, 6.07) is 26.3. The Labute approximate surface area is 181 Å². The van der Waals surface area contributed by atoms with Gasteiger partial charge in [0.25, 0.3) is 0 Å². The van der Waals surface area contributed by atoms with Crippen molar-refractivity contribution in [1.82, 2.24) is 19.7 Å². The monoisotopic (exact) mass is 406 g/mol. The van der Waals surface area contributed by atoms with Gasteiger partial charge >= 0.3 is 0 Å². The van der Waals surface area contributed by atoms with Crippen molar-refractivity contribution in [3.8, 4) is 22.7 Å². The van der Waals surface area contributed by atoms with Crippen molar-refractivity contribution in [1.29, 1.82) is 0 Å². The molecule has 0 fully saturated rings. The van der Waals surface area contributed by atoms with Crippen LogP contribution in [-0.2, 0) is 13.0 Å². The van der Waals surface area contributed by atoms with Crippen LogP contribution in [0.3, 0.4) is 0 Å². The molecule has 0 saturated carbocycles. The summed E-state index contributed by atoms with van der Waals surface area (Å²) in [5.41, 5.74) is 6.06. The molecule has 2 aromatic carbocycles. The van der Waals surface area contributed by atoms with E-state index < -0.39 is 0 Å². The molecule has 0 bridgehead atoms. The Kier molecular flexibility index (Phi) is 5.15. The second kappa shape index (κ2) is 8.40. The highest BCUT2D eigenvalue weighted by Crippen LogP contribution is 2.25. The molecule has 0 unspecified atom stereocenters. The smallest absolute Gasteiger partial charge is 0.130 e. The lowest BCUT2D eigenvalue weighted by Crippen LogP contribution is -2.01. The van der Waals surface area contributed by atoms with Crippen molar-refractivity contribution in [3.05, 3.63) is 103 Å². The molecule has 5 rings (SSSR count). The average molecular weight is 406 g/mol. The summed E-state index contributed by atoms with van der Waals surface area (Å²) < 4.78 is 7.95. The molecule has 0 spiro atoms. The average Bonchev–Trinajstić information content (AvgIpc) is 3.28. The number of rotatable bonds is 6. The maximum absolute atomic E-state index is 5.97. The molecule has 0 aliphatic heterocycles. The summed E-state index contributed by atoms with van der Waals surface area (Å²) >= 11 is 0. The third-order valence-electron chi connectivity index (χ3n) is 5.22. The molecule has 0 saturated heterocycles. The van der Waals surface area contributed by atoms with Crippen LogP contribution in [0.1, 0.15) is 18.3 Å². The minimum Gasteiger partial charge on any atom is -0.487 e. The molecule has 152 valence electrons. The molecule has 0 atom stereocenters. The SMILES string of the molecule is CCc1cc(-c2ccncc2)n(-c2ccc(OCc3ccc4ccccc4n3)cc2)n1. The van der Waals surface area contributed by atoms with Crippen LogP contribution in [0.2, 0.25) is 0 Å². The predicted octanol–water partition coefficient (Wildman–Crippen LogP) is 5.62. The first kappa shape index (κ1) is 19.0. The van der Waals surface area contributed by atoms with E-state index in [4.69, 9.17) is 9.84 Å². The number of aromatic nitrogens is 4. The number of pyridine rings is 2. The number of aryl methyl sites for hydroxylation is 1. The quantitative estimate of drug-likeness (QED) is 0.367. The number of hydrogen-bond donors (Lipinski definition) is 0. The van der Waals surface area contributed by atoms with Gasteiger partial charge in [-0.05, 0) is 61.0 Å². The van der Waals surface area contributed by atoms with Gasteiger partial charge in [0.05, 0.1) is 28.3 Å². The largest absolute Gasteiger partial charge is 0.487 e. The van der Waals surface area contributed by atoms with Gasteiger partial charge in [-0.15, -0.1) is 0 Å². The molecular formula is C26H22N4O. The fraction of sp³-hybridized carbons (Fsp3) is 0.115. The van der Waals surface area contributed by atoms with E-state index >= 15 is 0 Å². The lowest BCUT2D eigenvalue weighted by atomic mass is 10.1. The summed E-state index contributed by atoms with van der Waals surface area (Å²) in [5.74, 6) is 0.798. The number of hydrogen-bond acceptors (Lipinski definition) is 4. The van der Waals surface area contributed by atoms with E-state index in [0.29, 0.717) is 6.61 Å². The summed E-state index contributed by atoms with van der Waals surface area (Å²) in [4.78, 5) is 8.79. The van der Waals surface area contributed by atoms with Crippen LogP contribution in [0.25, 0.3) is 27.8 Å². The summed E-state index contributed by atoms with van der Waals surface area (Å²) in [6.45, 7) is 2.54. The molecule has 3 aromatic heterocycles. The number of nitrogens with zero attached hydrogens (tertiary/aromatic N) is 4. The van der Waals surface area contributed by atoms with Gasteiger partial charge in [0, 0.05) is 23.3 Å².